The Kier molecular flexibility index (Phi) is 18.5. The second-order valence-electron chi connectivity index (χ2n) is 16.4. The number of rotatable bonds is 18. The predicted molar refractivity (Wildman–Crippen MR) is 213 cm³/mol. The minimum Gasteiger partial charge on any atom is -0.469 e. The first-order chi connectivity index (χ1) is 30.1. The number of carbonyl (C=O) groups excluding carboxylic acids is 4. The number of ether oxygens (including phenoxy) is 7. The highest BCUT2D eigenvalue weighted by Gasteiger charge is 2.53. The topological polar surface area (TPSA) is 362 Å². The molecule has 2 aliphatic heterocycles. The van der Waals surface area contributed by atoms with Crippen molar-refractivity contribution in [2.45, 2.75) is 144 Å². The summed E-state index contributed by atoms with van der Waals surface area (Å²) in [6.45, 7) is 0.373. The fourth-order valence-corrected chi connectivity index (χ4v) is 8.59. The van der Waals surface area contributed by atoms with Crippen LogP contribution >= 0.6 is 0 Å². The normalized spacial score (nSPS) is 34.4. The zero-order chi connectivity index (χ0) is 46.0. The Hall–Kier alpha value is -3.92. The van der Waals surface area contributed by atoms with Crippen molar-refractivity contribution in [3.05, 3.63) is 32.6 Å². The van der Waals surface area contributed by atoms with Crippen molar-refractivity contribution in [1.29, 1.82) is 0 Å². The van der Waals surface area contributed by atoms with E-state index in [0.29, 0.717) is 0 Å². The molecule has 0 spiro atoms. The molecule has 4 fully saturated rings. The quantitative estimate of drug-likeness (QED) is 0.0487. The first-order valence-corrected chi connectivity index (χ1v) is 21.2. The lowest BCUT2D eigenvalue weighted by atomic mass is 9.81. The monoisotopic (exact) mass is 902 g/mol. The van der Waals surface area contributed by atoms with Crippen LogP contribution in [0.3, 0.4) is 0 Å². The summed E-state index contributed by atoms with van der Waals surface area (Å²) in [5.41, 5.74) is 3.34. The van der Waals surface area contributed by atoms with Gasteiger partial charge in [-0.2, -0.15) is 0 Å². The van der Waals surface area contributed by atoms with E-state index in [1.807, 2.05) is 4.98 Å². The van der Waals surface area contributed by atoms with Crippen molar-refractivity contribution < 1.29 is 77.9 Å². The maximum absolute atomic E-state index is 13.7. The molecule has 2 saturated heterocycles. The van der Waals surface area contributed by atoms with Gasteiger partial charge in [0.15, 0.2) is 12.6 Å². The third-order valence-electron chi connectivity index (χ3n) is 11.9. The van der Waals surface area contributed by atoms with Crippen LogP contribution in [0.4, 0.5) is 0 Å². The van der Waals surface area contributed by atoms with Crippen LogP contribution in [0.15, 0.2) is 15.7 Å². The molecule has 24 nitrogen and oxygen atoms in total. The van der Waals surface area contributed by atoms with Crippen molar-refractivity contribution in [1.82, 2.24) is 25.9 Å². The lowest BCUT2D eigenvalue weighted by Gasteiger charge is -2.49. The van der Waals surface area contributed by atoms with Gasteiger partial charge in [-0.15, -0.1) is 0 Å². The Morgan fingerprint density at radius 2 is 1.63 bits per heavy atom. The first-order valence-electron chi connectivity index (χ1n) is 21.2. The molecule has 15 atom stereocenters. The van der Waals surface area contributed by atoms with Gasteiger partial charge in [0.2, 0.25) is 11.8 Å². The van der Waals surface area contributed by atoms with Crippen LogP contribution in [-0.4, -0.2) is 185 Å². The van der Waals surface area contributed by atoms with Gasteiger partial charge in [0.25, 0.3) is 11.5 Å². The van der Waals surface area contributed by atoms with Crippen molar-refractivity contribution in [3.63, 3.8) is 0 Å². The molecule has 12 N–H and O–H groups in total. The zero-order valence-electron chi connectivity index (χ0n) is 35.4. The van der Waals surface area contributed by atoms with Crippen LogP contribution in [0.2, 0.25) is 0 Å². The third kappa shape index (κ3) is 12.9. The number of aliphatic hydroxyl groups excluding tert-OH is 5. The number of hydrogen-bond acceptors (Lipinski definition) is 19. The van der Waals surface area contributed by atoms with Gasteiger partial charge in [-0.1, -0.05) is 32.1 Å². The van der Waals surface area contributed by atoms with E-state index in [4.69, 9.17) is 38.9 Å². The highest BCUT2D eigenvalue weighted by molar-refractivity contribution is 5.92. The maximum Gasteiger partial charge on any atom is 0.326 e. The fourth-order valence-electron chi connectivity index (χ4n) is 8.59. The second kappa shape index (κ2) is 23.3. The van der Waals surface area contributed by atoms with Crippen LogP contribution in [0.5, 0.6) is 0 Å². The molecule has 0 bridgehead atoms. The molecule has 0 radical (unpaired) electrons. The molecule has 63 heavy (non-hydrogen) atoms. The van der Waals surface area contributed by atoms with Crippen LogP contribution < -0.4 is 32.9 Å². The Morgan fingerprint density at radius 1 is 0.905 bits per heavy atom. The Morgan fingerprint density at radius 3 is 2.29 bits per heavy atom. The van der Waals surface area contributed by atoms with E-state index >= 15 is 0 Å². The number of nitrogens with two attached hydrogens (primary N) is 1. The summed E-state index contributed by atoms with van der Waals surface area (Å²) in [6, 6.07) is -1.99. The summed E-state index contributed by atoms with van der Waals surface area (Å²) in [4.78, 5) is 82.2. The minimum absolute atomic E-state index is 0.0843. The molecule has 3 heterocycles. The van der Waals surface area contributed by atoms with Crippen molar-refractivity contribution in [2.24, 2.45) is 17.6 Å². The molecule has 5 rings (SSSR count). The summed E-state index contributed by atoms with van der Waals surface area (Å²) >= 11 is 0. The number of H-pyrrole nitrogens is 2. The van der Waals surface area contributed by atoms with Crippen LogP contribution in [-0.2, 0) is 47.5 Å². The number of carbonyl (C=O) groups is 4. The summed E-state index contributed by atoms with van der Waals surface area (Å²) in [5.74, 6) is -4.06. The molecular formula is C39H62N6O18. The van der Waals surface area contributed by atoms with Crippen LogP contribution in [0, 0.1) is 11.8 Å². The second-order valence-corrected chi connectivity index (χ2v) is 16.4. The molecule has 1 aromatic heterocycles. The highest BCUT2D eigenvalue weighted by Crippen LogP contribution is 2.37. The smallest absolute Gasteiger partial charge is 0.326 e. The fraction of sp³-hybridized carbons (Fsp3) is 0.795. The number of aromatic amines is 2. The van der Waals surface area contributed by atoms with Crippen LogP contribution in [0.1, 0.15) is 68.8 Å². The number of methoxy groups -OCH3 is 2. The van der Waals surface area contributed by atoms with E-state index in [2.05, 4.69) is 20.9 Å². The molecule has 356 valence electrons. The van der Waals surface area contributed by atoms with Gasteiger partial charge in [0.05, 0.1) is 51.0 Å². The molecule has 0 aromatic carbocycles. The summed E-state index contributed by atoms with van der Waals surface area (Å²) < 4.78 is 41.3. The van der Waals surface area contributed by atoms with Gasteiger partial charge >= 0.3 is 11.7 Å². The van der Waals surface area contributed by atoms with Crippen molar-refractivity contribution in [2.75, 3.05) is 40.5 Å². The van der Waals surface area contributed by atoms with E-state index in [-0.39, 0.29) is 38.3 Å². The van der Waals surface area contributed by atoms with E-state index < -0.39 is 145 Å². The van der Waals surface area contributed by atoms with E-state index in [0.717, 1.165) is 45.3 Å². The zero-order valence-corrected chi connectivity index (χ0v) is 35.4. The average molecular weight is 903 g/mol. The SMILES string of the molecule is COCCNC(=O)[C@H](CC1CCCCC1)OC1C(NC(=O)CN)[C@H](O[C@@H]2CC(C(=O)OC)CC(NC(=O)c3cc(=O)[nH]c(=O)[nH]3)[C@H]2O[C@@H]2OC(C)[C@@H](O)[C@H](O)C2O)O[C@@H](CO)[C@@H]1O. The number of aliphatic hydroxyl groups is 5. The molecule has 3 amide bonds. The number of esters is 1. The maximum atomic E-state index is 13.7. The van der Waals surface area contributed by atoms with Gasteiger partial charge in [0.1, 0.15) is 60.6 Å². The molecule has 2 aliphatic carbocycles. The molecule has 1 aromatic rings. The Labute approximate surface area is 361 Å². The number of hydrogen-bond donors (Lipinski definition) is 11. The van der Waals surface area contributed by atoms with Crippen molar-refractivity contribution in [3.8, 4) is 0 Å². The minimum atomic E-state index is -1.87. The van der Waals surface area contributed by atoms with Gasteiger partial charge in [-0.3, -0.25) is 29.0 Å². The Bertz CT molecular complexity index is 1770. The lowest BCUT2D eigenvalue weighted by Crippen LogP contribution is -2.68. The Balaban J connectivity index is 1.55. The third-order valence-corrected chi connectivity index (χ3v) is 11.9. The highest BCUT2D eigenvalue weighted by atomic mass is 16.7. The molecular weight excluding hydrogens is 840 g/mol. The van der Waals surface area contributed by atoms with Gasteiger partial charge < -0.3 is 85.4 Å². The van der Waals surface area contributed by atoms with Gasteiger partial charge in [0, 0.05) is 19.7 Å². The van der Waals surface area contributed by atoms with E-state index in [9.17, 15) is 54.3 Å². The van der Waals surface area contributed by atoms with Gasteiger partial charge in [-0.05, 0) is 32.1 Å². The van der Waals surface area contributed by atoms with Crippen molar-refractivity contribution >= 4 is 23.7 Å². The summed E-state index contributed by atoms with van der Waals surface area (Å²) in [5, 5.41) is 62.4. The van der Waals surface area contributed by atoms with E-state index in [1.54, 1.807) is 0 Å². The van der Waals surface area contributed by atoms with Crippen LogP contribution in [0.25, 0.3) is 0 Å². The number of aromatic nitrogens is 2. The van der Waals surface area contributed by atoms with E-state index in [1.165, 1.54) is 14.0 Å². The predicted octanol–water partition coefficient (Wildman–Crippen LogP) is -4.65. The lowest BCUT2D eigenvalue weighted by molar-refractivity contribution is -0.335. The number of amides is 3. The molecule has 6 unspecified atom stereocenters. The summed E-state index contributed by atoms with van der Waals surface area (Å²) in [6.07, 6.45) is -14.1. The molecule has 2 saturated carbocycles. The van der Waals surface area contributed by atoms with Gasteiger partial charge in [-0.25, -0.2) is 4.79 Å². The molecule has 24 heteroatoms. The largest absolute Gasteiger partial charge is 0.469 e. The molecule has 4 aliphatic rings. The summed E-state index contributed by atoms with van der Waals surface area (Å²) in [7, 11) is 2.60. The number of nitrogens with one attached hydrogen (secondary N) is 5. The average Bonchev–Trinajstić information content (AvgIpc) is 3.26. The first kappa shape index (κ1) is 50.1. The standard InChI is InChI=1S/C39H62N6O18/c1-17-28(49)30(51)31(52)38(59-17)63-32-20(42-34(53)21-14-25(47)45-39(56)43-21)12-19(36(55)58-3)13-22(32)61-37-27(44-26(48)15-40)33(29(50)24(16-46)62-37)60-23(35(54)41-9-10-57-2)11-18-7-5-4-6-8-18/h14,17-20,22-24,27-33,37-38,46,49-52H,4-13,15-16,40H2,1-3H3,(H,41,54)(H,42,53)(H,44,48)(H2,43,45,47,56)/t17?,19?,20?,22-,23+,24+,27?,28-,29+,30+,31?,32-,33?,37-,38+/m1/s1.